The van der Waals surface area contributed by atoms with Crippen LogP contribution in [-0.4, -0.2) is 73.0 Å². The summed E-state index contributed by atoms with van der Waals surface area (Å²) in [6, 6.07) is 0. The van der Waals surface area contributed by atoms with Crippen LogP contribution in [0.1, 0.15) is 48.5 Å². The molecular formula is C19H36N4O2. The van der Waals surface area contributed by atoms with Gasteiger partial charge in [-0.05, 0) is 55.2 Å². The van der Waals surface area contributed by atoms with E-state index in [1.807, 2.05) is 27.7 Å². The zero-order valence-electron chi connectivity index (χ0n) is 17.1. The van der Waals surface area contributed by atoms with E-state index in [9.17, 15) is 0 Å². The minimum absolute atomic E-state index is 0.0757. The number of hydrogen-bond donors (Lipinski definition) is 0. The molecule has 0 bridgehead atoms. The van der Waals surface area contributed by atoms with Crippen LogP contribution in [-0.2, 0) is 9.47 Å². The van der Waals surface area contributed by atoms with Gasteiger partial charge in [0.2, 0.25) is 5.96 Å². The van der Waals surface area contributed by atoms with Gasteiger partial charge in [0.15, 0.2) is 0 Å². The van der Waals surface area contributed by atoms with E-state index in [1.54, 1.807) is 6.20 Å². The van der Waals surface area contributed by atoms with Gasteiger partial charge in [-0.25, -0.2) is 9.98 Å². The summed E-state index contributed by atoms with van der Waals surface area (Å²) >= 11 is 0. The summed E-state index contributed by atoms with van der Waals surface area (Å²) in [5.41, 5.74) is -0.299. The van der Waals surface area contributed by atoms with Gasteiger partial charge in [0.1, 0.15) is 11.4 Å². The highest BCUT2D eigenvalue weighted by Crippen LogP contribution is 2.13. The van der Waals surface area contributed by atoms with Crippen LogP contribution in [0.15, 0.2) is 21.9 Å². The minimum Gasteiger partial charge on any atom is -0.491 e. The Bertz CT molecular complexity index is 479. The molecule has 25 heavy (non-hydrogen) atoms. The Labute approximate surface area is 153 Å². The van der Waals surface area contributed by atoms with Gasteiger partial charge < -0.3 is 14.4 Å². The molecule has 0 radical (unpaired) electrons. The number of ether oxygens (including phenoxy) is 2. The van der Waals surface area contributed by atoms with Crippen molar-refractivity contribution in [1.82, 2.24) is 9.80 Å². The van der Waals surface area contributed by atoms with Gasteiger partial charge in [0, 0.05) is 32.7 Å². The van der Waals surface area contributed by atoms with E-state index < -0.39 is 0 Å². The second-order valence-electron chi connectivity index (χ2n) is 8.33. The molecule has 0 aromatic heterocycles. The van der Waals surface area contributed by atoms with Crippen molar-refractivity contribution < 1.29 is 9.47 Å². The molecule has 1 saturated heterocycles. The zero-order chi connectivity index (χ0) is 19.1. The van der Waals surface area contributed by atoms with Crippen LogP contribution in [0, 0.1) is 0 Å². The number of hydrogen-bond acceptors (Lipinski definition) is 4. The van der Waals surface area contributed by atoms with Gasteiger partial charge in [0.25, 0.3) is 0 Å². The van der Waals surface area contributed by atoms with E-state index in [4.69, 9.17) is 9.47 Å². The molecule has 1 aliphatic heterocycles. The Morgan fingerprint density at radius 3 is 2.12 bits per heavy atom. The van der Waals surface area contributed by atoms with Crippen molar-refractivity contribution in [2.75, 3.05) is 39.3 Å². The van der Waals surface area contributed by atoms with E-state index in [0.29, 0.717) is 5.96 Å². The van der Waals surface area contributed by atoms with Crippen molar-refractivity contribution in [3.8, 4) is 0 Å². The van der Waals surface area contributed by atoms with E-state index in [-0.39, 0.29) is 11.2 Å². The molecule has 144 valence electrons. The van der Waals surface area contributed by atoms with Crippen LogP contribution in [0.3, 0.4) is 0 Å². The van der Waals surface area contributed by atoms with Gasteiger partial charge in [-0.3, -0.25) is 4.90 Å². The predicted molar refractivity (Wildman–Crippen MR) is 105 cm³/mol. The molecule has 1 rings (SSSR count). The number of nitrogens with zero attached hydrogens (tertiary/aromatic N) is 4. The highest BCUT2D eigenvalue weighted by Gasteiger charge is 2.20. The Balaban J connectivity index is 2.49. The van der Waals surface area contributed by atoms with Crippen LogP contribution in [0.4, 0.5) is 0 Å². The van der Waals surface area contributed by atoms with Gasteiger partial charge in [-0.1, -0.05) is 0 Å². The molecule has 1 heterocycles. The monoisotopic (exact) mass is 352 g/mol. The summed E-state index contributed by atoms with van der Waals surface area (Å²) in [7, 11) is 0. The highest BCUT2D eigenvalue weighted by molar-refractivity contribution is 5.84. The molecule has 0 amide bonds. The van der Waals surface area contributed by atoms with Gasteiger partial charge in [-0.15, -0.1) is 0 Å². The third-order valence-corrected chi connectivity index (χ3v) is 3.57. The summed E-state index contributed by atoms with van der Waals surface area (Å²) in [4.78, 5) is 13.1. The van der Waals surface area contributed by atoms with Crippen LogP contribution in [0.25, 0.3) is 0 Å². The average molecular weight is 353 g/mol. The van der Waals surface area contributed by atoms with E-state index in [1.165, 1.54) is 0 Å². The molecule has 0 aromatic carbocycles. The van der Waals surface area contributed by atoms with Crippen molar-refractivity contribution in [1.29, 1.82) is 0 Å². The number of aliphatic imine (C=N–C) groups is 2. The first-order valence-electron chi connectivity index (χ1n) is 9.02. The number of piperazine rings is 1. The van der Waals surface area contributed by atoms with E-state index in [0.717, 1.165) is 45.1 Å². The standard InChI is InChI=1S/C19H36N4O2/c1-16(25-19(5,6)7)15-21-17(20-8)23-11-9-22(10-12-23)13-14-24-18(2,3)4/h15H,8-14H2,1-7H3/b16-15+,21-17+. The highest BCUT2D eigenvalue weighted by atomic mass is 16.5. The maximum Gasteiger partial charge on any atom is 0.224 e. The Hall–Kier alpha value is -1.40. The summed E-state index contributed by atoms with van der Waals surface area (Å²) in [6.07, 6.45) is 1.72. The number of rotatable bonds is 5. The maximum atomic E-state index is 5.80. The molecule has 0 aromatic rings. The summed E-state index contributed by atoms with van der Waals surface area (Å²) in [5, 5.41) is 0. The first kappa shape index (κ1) is 21.6. The quantitative estimate of drug-likeness (QED) is 0.433. The lowest BCUT2D eigenvalue weighted by Gasteiger charge is -2.35. The number of allylic oxidation sites excluding steroid dienone is 1. The van der Waals surface area contributed by atoms with Gasteiger partial charge >= 0.3 is 0 Å². The largest absolute Gasteiger partial charge is 0.491 e. The predicted octanol–water partition coefficient (Wildman–Crippen LogP) is 3.15. The molecule has 6 nitrogen and oxygen atoms in total. The normalized spacial score (nSPS) is 18.4. The first-order valence-corrected chi connectivity index (χ1v) is 9.02. The Kier molecular flexibility index (Phi) is 8.09. The fourth-order valence-electron chi connectivity index (χ4n) is 2.53. The summed E-state index contributed by atoms with van der Waals surface area (Å²) < 4.78 is 11.6. The van der Waals surface area contributed by atoms with Gasteiger partial charge in [0.05, 0.1) is 18.4 Å². The zero-order valence-corrected chi connectivity index (χ0v) is 17.1. The molecule has 6 heteroatoms. The molecule has 1 fully saturated rings. The molecule has 0 unspecified atom stereocenters. The molecule has 0 spiro atoms. The minimum atomic E-state index is -0.224. The number of guanidine groups is 1. The molecular weight excluding hydrogens is 316 g/mol. The Morgan fingerprint density at radius 1 is 1.04 bits per heavy atom. The summed E-state index contributed by atoms with van der Waals surface area (Å²) in [5.74, 6) is 1.43. The lowest BCUT2D eigenvalue weighted by Crippen LogP contribution is -2.49. The van der Waals surface area contributed by atoms with Crippen molar-refractivity contribution in [3.05, 3.63) is 12.0 Å². The molecule has 0 N–H and O–H groups in total. The van der Waals surface area contributed by atoms with Crippen molar-refractivity contribution >= 4 is 12.7 Å². The van der Waals surface area contributed by atoms with Crippen LogP contribution in [0.2, 0.25) is 0 Å². The molecule has 0 aliphatic carbocycles. The molecule has 1 aliphatic rings. The summed E-state index contributed by atoms with van der Waals surface area (Å²) in [6.45, 7) is 23.3. The maximum absolute atomic E-state index is 5.80. The third kappa shape index (κ3) is 9.60. The van der Waals surface area contributed by atoms with Gasteiger partial charge in [-0.2, -0.15) is 0 Å². The second-order valence-corrected chi connectivity index (χ2v) is 8.33. The van der Waals surface area contributed by atoms with Crippen molar-refractivity contribution in [2.45, 2.75) is 59.7 Å². The lowest BCUT2D eigenvalue weighted by atomic mass is 10.2. The average Bonchev–Trinajstić information content (AvgIpc) is 2.46. The molecule has 0 saturated carbocycles. The third-order valence-electron chi connectivity index (χ3n) is 3.57. The molecule has 0 atom stereocenters. The van der Waals surface area contributed by atoms with Crippen molar-refractivity contribution in [3.63, 3.8) is 0 Å². The van der Waals surface area contributed by atoms with Crippen molar-refractivity contribution in [2.24, 2.45) is 9.98 Å². The van der Waals surface area contributed by atoms with Crippen LogP contribution >= 0.6 is 0 Å². The SMILES string of the molecule is C=N/C(=N\C=C(/C)OC(C)(C)C)N1CCN(CCOC(C)(C)C)CC1. The first-order chi connectivity index (χ1) is 11.5. The fraction of sp³-hybridized carbons (Fsp3) is 0.789. The second kappa shape index (κ2) is 9.34. The smallest absolute Gasteiger partial charge is 0.224 e. The fourth-order valence-corrected chi connectivity index (χ4v) is 2.53. The lowest BCUT2D eigenvalue weighted by molar-refractivity contribution is -0.0159. The topological polar surface area (TPSA) is 49.7 Å². The van der Waals surface area contributed by atoms with E-state index in [2.05, 4.69) is 47.3 Å². The van der Waals surface area contributed by atoms with E-state index >= 15 is 0 Å². The van der Waals surface area contributed by atoms with Crippen LogP contribution < -0.4 is 0 Å². The van der Waals surface area contributed by atoms with Crippen LogP contribution in [0.5, 0.6) is 0 Å². The Morgan fingerprint density at radius 2 is 1.64 bits per heavy atom.